The van der Waals surface area contributed by atoms with E-state index in [-0.39, 0.29) is 11.7 Å². The molecule has 0 spiro atoms. The van der Waals surface area contributed by atoms with Crippen LogP contribution in [0.5, 0.6) is 11.5 Å². The summed E-state index contributed by atoms with van der Waals surface area (Å²) in [6, 6.07) is 15.6. The van der Waals surface area contributed by atoms with E-state index < -0.39 is 0 Å². The number of piperazine rings is 1. The van der Waals surface area contributed by atoms with Crippen molar-refractivity contribution in [3.05, 3.63) is 60.2 Å². The van der Waals surface area contributed by atoms with Crippen LogP contribution in [0.3, 0.4) is 0 Å². The van der Waals surface area contributed by atoms with Crippen LogP contribution in [0.2, 0.25) is 0 Å². The first kappa shape index (κ1) is 21.7. The molecule has 1 fully saturated rings. The summed E-state index contributed by atoms with van der Waals surface area (Å²) in [7, 11) is 1.50. The van der Waals surface area contributed by atoms with Gasteiger partial charge >= 0.3 is 0 Å². The number of methoxy groups -OCH3 is 1. The summed E-state index contributed by atoms with van der Waals surface area (Å²) in [5, 5.41) is 12.5. The zero-order valence-corrected chi connectivity index (χ0v) is 17.6. The zero-order chi connectivity index (χ0) is 21.2. The number of para-hydroxylation sites is 1. The summed E-state index contributed by atoms with van der Waals surface area (Å²) in [6.45, 7) is 6.04. The number of amides is 1. The van der Waals surface area contributed by atoms with Gasteiger partial charge in [0, 0.05) is 44.5 Å². The maximum absolute atomic E-state index is 12.0. The topological polar surface area (TPSA) is 65.0 Å². The number of anilines is 1. The molecule has 1 amide bonds. The van der Waals surface area contributed by atoms with Crippen molar-refractivity contribution in [1.82, 2.24) is 10.2 Å². The zero-order valence-electron chi connectivity index (χ0n) is 17.6. The molecule has 0 saturated carbocycles. The largest absolute Gasteiger partial charge is 0.504 e. The summed E-state index contributed by atoms with van der Waals surface area (Å²) in [6.07, 6.45) is 5.26. The number of unbranched alkanes of at least 4 members (excludes halogenated alkanes) is 1. The lowest BCUT2D eigenvalue weighted by Gasteiger charge is -2.36. The Kier molecular flexibility index (Phi) is 8.15. The maximum Gasteiger partial charge on any atom is 0.243 e. The number of nitrogens with one attached hydrogen (secondary N) is 1. The van der Waals surface area contributed by atoms with Gasteiger partial charge in [0.15, 0.2) is 11.5 Å². The predicted molar refractivity (Wildman–Crippen MR) is 121 cm³/mol. The van der Waals surface area contributed by atoms with Gasteiger partial charge in [0.25, 0.3) is 0 Å². The van der Waals surface area contributed by atoms with Gasteiger partial charge in [-0.25, -0.2) is 0 Å². The summed E-state index contributed by atoms with van der Waals surface area (Å²) < 4.78 is 5.07. The lowest BCUT2D eigenvalue weighted by Crippen LogP contribution is -2.46. The number of carbonyl (C=O) groups is 1. The quantitative estimate of drug-likeness (QED) is 0.492. The molecular formula is C24H31N3O3. The second kappa shape index (κ2) is 11.3. The molecule has 1 aliphatic heterocycles. The van der Waals surface area contributed by atoms with Crippen molar-refractivity contribution in [2.75, 3.05) is 51.3 Å². The SMILES string of the molecule is COc1cc(/C=C/C(=O)NCCCCN2CCN(c3ccccc3)CC2)ccc1O. The number of phenolic OH excluding ortho intramolecular Hbond substituents is 1. The number of hydrogen-bond acceptors (Lipinski definition) is 5. The highest BCUT2D eigenvalue weighted by Crippen LogP contribution is 2.26. The van der Waals surface area contributed by atoms with Crippen LogP contribution < -0.4 is 15.0 Å². The van der Waals surface area contributed by atoms with Gasteiger partial charge < -0.3 is 20.1 Å². The first-order valence-corrected chi connectivity index (χ1v) is 10.5. The molecule has 2 aromatic carbocycles. The Hall–Kier alpha value is -2.99. The number of carbonyl (C=O) groups excluding carboxylic acids is 1. The number of aromatic hydroxyl groups is 1. The highest BCUT2D eigenvalue weighted by atomic mass is 16.5. The van der Waals surface area contributed by atoms with Crippen LogP contribution >= 0.6 is 0 Å². The van der Waals surface area contributed by atoms with E-state index in [1.54, 1.807) is 24.3 Å². The van der Waals surface area contributed by atoms with Crippen molar-refractivity contribution in [2.45, 2.75) is 12.8 Å². The van der Waals surface area contributed by atoms with Gasteiger partial charge in [-0.2, -0.15) is 0 Å². The van der Waals surface area contributed by atoms with Crippen molar-refractivity contribution < 1.29 is 14.6 Å². The molecule has 6 nitrogen and oxygen atoms in total. The van der Waals surface area contributed by atoms with Crippen molar-refractivity contribution >= 4 is 17.7 Å². The van der Waals surface area contributed by atoms with E-state index in [1.165, 1.54) is 18.9 Å². The third-order valence-electron chi connectivity index (χ3n) is 5.32. The average Bonchev–Trinajstić information content (AvgIpc) is 2.79. The number of nitrogens with zero attached hydrogens (tertiary/aromatic N) is 2. The maximum atomic E-state index is 12.0. The van der Waals surface area contributed by atoms with Gasteiger partial charge in [-0.05, 0) is 55.3 Å². The van der Waals surface area contributed by atoms with Crippen LogP contribution in [0, 0.1) is 0 Å². The summed E-state index contributed by atoms with van der Waals surface area (Å²) >= 11 is 0. The molecule has 0 aromatic heterocycles. The first-order valence-electron chi connectivity index (χ1n) is 10.5. The molecule has 6 heteroatoms. The minimum Gasteiger partial charge on any atom is -0.504 e. The van der Waals surface area contributed by atoms with E-state index in [9.17, 15) is 9.90 Å². The molecule has 0 unspecified atom stereocenters. The normalized spacial score (nSPS) is 14.8. The number of benzene rings is 2. The third-order valence-corrected chi connectivity index (χ3v) is 5.32. The van der Waals surface area contributed by atoms with Crippen molar-refractivity contribution in [3.8, 4) is 11.5 Å². The van der Waals surface area contributed by atoms with Gasteiger partial charge in [0.05, 0.1) is 7.11 Å². The van der Waals surface area contributed by atoms with E-state index in [0.29, 0.717) is 12.3 Å². The fourth-order valence-electron chi connectivity index (χ4n) is 3.57. The lowest BCUT2D eigenvalue weighted by molar-refractivity contribution is -0.116. The van der Waals surface area contributed by atoms with E-state index in [0.717, 1.165) is 51.1 Å². The van der Waals surface area contributed by atoms with Crippen LogP contribution in [-0.2, 0) is 4.79 Å². The van der Waals surface area contributed by atoms with E-state index in [4.69, 9.17) is 4.74 Å². The van der Waals surface area contributed by atoms with E-state index >= 15 is 0 Å². The Morgan fingerprint density at radius 2 is 1.87 bits per heavy atom. The average molecular weight is 410 g/mol. The molecule has 2 N–H and O–H groups in total. The van der Waals surface area contributed by atoms with Crippen LogP contribution in [-0.4, -0.2) is 62.3 Å². The summed E-state index contributed by atoms with van der Waals surface area (Å²) in [4.78, 5) is 16.9. The van der Waals surface area contributed by atoms with Crippen LogP contribution in [0.15, 0.2) is 54.6 Å². The number of phenols is 1. The van der Waals surface area contributed by atoms with Gasteiger partial charge in [-0.3, -0.25) is 9.69 Å². The van der Waals surface area contributed by atoms with Crippen LogP contribution in [0.4, 0.5) is 5.69 Å². The van der Waals surface area contributed by atoms with Gasteiger partial charge in [0.1, 0.15) is 0 Å². The minimum atomic E-state index is -0.112. The molecule has 0 radical (unpaired) electrons. The predicted octanol–water partition coefficient (Wildman–Crippen LogP) is 3.13. The van der Waals surface area contributed by atoms with Crippen LogP contribution in [0.25, 0.3) is 6.08 Å². The highest BCUT2D eigenvalue weighted by Gasteiger charge is 2.16. The molecule has 1 aliphatic rings. The highest BCUT2D eigenvalue weighted by molar-refractivity contribution is 5.91. The van der Waals surface area contributed by atoms with Gasteiger partial charge in [-0.15, -0.1) is 0 Å². The molecule has 1 heterocycles. The second-order valence-electron chi connectivity index (χ2n) is 7.43. The summed E-state index contributed by atoms with van der Waals surface area (Å²) in [5.41, 5.74) is 2.10. The minimum absolute atomic E-state index is 0.0839. The lowest BCUT2D eigenvalue weighted by atomic mass is 10.2. The van der Waals surface area contributed by atoms with Crippen LogP contribution in [0.1, 0.15) is 18.4 Å². The number of ether oxygens (including phenoxy) is 1. The van der Waals surface area contributed by atoms with Gasteiger partial charge in [0.2, 0.25) is 5.91 Å². The monoisotopic (exact) mass is 409 g/mol. The molecule has 0 aliphatic carbocycles. The third kappa shape index (κ3) is 6.52. The standard InChI is InChI=1S/C24H31N3O3/c1-30-23-19-20(9-11-22(23)28)10-12-24(29)25-13-5-6-14-26-15-17-27(18-16-26)21-7-3-2-4-8-21/h2-4,7-12,19,28H,5-6,13-18H2,1H3,(H,25,29)/b12-10+. The van der Waals surface area contributed by atoms with Gasteiger partial charge in [-0.1, -0.05) is 24.3 Å². The smallest absolute Gasteiger partial charge is 0.243 e. The molecule has 1 saturated heterocycles. The molecule has 160 valence electrons. The Balaban J connectivity index is 1.29. The molecular weight excluding hydrogens is 378 g/mol. The second-order valence-corrected chi connectivity index (χ2v) is 7.43. The van der Waals surface area contributed by atoms with E-state index in [2.05, 4.69) is 45.4 Å². The fourth-order valence-corrected chi connectivity index (χ4v) is 3.57. The molecule has 2 aromatic rings. The molecule has 0 bridgehead atoms. The van der Waals surface area contributed by atoms with Crippen molar-refractivity contribution in [2.24, 2.45) is 0 Å². The Labute approximate surface area is 178 Å². The van der Waals surface area contributed by atoms with Crippen molar-refractivity contribution in [1.29, 1.82) is 0 Å². The fraction of sp³-hybridized carbons (Fsp3) is 0.375. The van der Waals surface area contributed by atoms with Crippen molar-refractivity contribution in [3.63, 3.8) is 0 Å². The molecule has 0 atom stereocenters. The number of hydrogen-bond donors (Lipinski definition) is 2. The number of rotatable bonds is 9. The van der Waals surface area contributed by atoms with E-state index in [1.807, 2.05) is 0 Å². The molecule has 30 heavy (non-hydrogen) atoms. The first-order chi connectivity index (χ1) is 14.7. The Morgan fingerprint density at radius 1 is 1.10 bits per heavy atom. The summed E-state index contributed by atoms with van der Waals surface area (Å²) in [5.74, 6) is 0.362. The molecule has 3 rings (SSSR count). The Bertz CT molecular complexity index is 831. The Morgan fingerprint density at radius 3 is 2.60 bits per heavy atom.